The molecular formula is C20H18ClN5O6. The number of nitro benzene ring substituents is 1. The van der Waals surface area contributed by atoms with Crippen LogP contribution in [0.5, 0.6) is 0 Å². The number of aromatic amines is 1. The van der Waals surface area contributed by atoms with E-state index in [2.05, 4.69) is 20.8 Å². The van der Waals surface area contributed by atoms with Crippen LogP contribution in [0.25, 0.3) is 10.9 Å². The topological polar surface area (TPSA) is 156 Å². The highest BCUT2D eigenvalue weighted by Crippen LogP contribution is 2.26. The zero-order chi connectivity index (χ0) is 23.3. The molecular weight excluding hydrogens is 442 g/mol. The van der Waals surface area contributed by atoms with Crippen LogP contribution in [0, 0.1) is 10.1 Å². The van der Waals surface area contributed by atoms with Gasteiger partial charge in [0.1, 0.15) is 0 Å². The number of anilines is 1. The van der Waals surface area contributed by atoms with Crippen molar-refractivity contribution in [2.45, 2.75) is 19.4 Å². The van der Waals surface area contributed by atoms with Gasteiger partial charge in [-0.1, -0.05) is 29.8 Å². The molecule has 0 aliphatic heterocycles. The molecule has 2 aromatic carbocycles. The standard InChI is InChI=1S/C20H18ClN5O6/c1-11(19(28)23-16-10-12(26(30)31)6-7-14(16)21)32-17(27)8-9-22-20(29)18-13-4-2-3-5-15(13)24-25-18/h2-7,10-11H,8-9H2,1H3,(H,22,29)(H,23,28)(H,24,25). The zero-order valence-corrected chi connectivity index (χ0v) is 17.5. The molecule has 0 fully saturated rings. The molecule has 1 atom stereocenters. The third-order valence-corrected chi connectivity index (χ3v) is 4.73. The molecule has 0 spiro atoms. The van der Waals surface area contributed by atoms with Crippen LogP contribution in [0.2, 0.25) is 5.02 Å². The summed E-state index contributed by atoms with van der Waals surface area (Å²) >= 11 is 5.94. The Morgan fingerprint density at radius 1 is 1.25 bits per heavy atom. The molecule has 3 aromatic rings. The molecule has 0 aliphatic rings. The van der Waals surface area contributed by atoms with E-state index in [4.69, 9.17) is 16.3 Å². The summed E-state index contributed by atoms with van der Waals surface area (Å²) in [6.45, 7) is 1.32. The molecule has 166 valence electrons. The van der Waals surface area contributed by atoms with Crippen LogP contribution in [-0.2, 0) is 14.3 Å². The highest BCUT2D eigenvalue weighted by Gasteiger charge is 2.20. The van der Waals surface area contributed by atoms with E-state index in [9.17, 15) is 24.5 Å². The number of H-pyrrole nitrogens is 1. The first-order valence-corrected chi connectivity index (χ1v) is 9.79. The Morgan fingerprint density at radius 3 is 2.75 bits per heavy atom. The van der Waals surface area contributed by atoms with Gasteiger partial charge in [-0.15, -0.1) is 0 Å². The van der Waals surface area contributed by atoms with E-state index < -0.39 is 28.8 Å². The number of rotatable bonds is 8. The molecule has 1 aromatic heterocycles. The van der Waals surface area contributed by atoms with Crippen molar-refractivity contribution in [1.29, 1.82) is 0 Å². The van der Waals surface area contributed by atoms with Gasteiger partial charge in [0.25, 0.3) is 17.5 Å². The lowest BCUT2D eigenvalue weighted by atomic mass is 10.2. The van der Waals surface area contributed by atoms with Gasteiger partial charge in [0.05, 0.1) is 27.6 Å². The number of hydrogen-bond donors (Lipinski definition) is 3. The van der Waals surface area contributed by atoms with Crippen LogP contribution >= 0.6 is 11.6 Å². The van der Waals surface area contributed by atoms with Crippen LogP contribution in [0.4, 0.5) is 11.4 Å². The number of fused-ring (bicyclic) bond motifs is 1. The molecule has 1 unspecified atom stereocenters. The van der Waals surface area contributed by atoms with Gasteiger partial charge in [0.15, 0.2) is 11.8 Å². The second kappa shape index (κ2) is 9.88. The number of nitrogens with one attached hydrogen (secondary N) is 3. The second-order valence-corrected chi connectivity index (χ2v) is 7.07. The second-order valence-electron chi connectivity index (χ2n) is 6.67. The van der Waals surface area contributed by atoms with Gasteiger partial charge in [-0.25, -0.2) is 0 Å². The van der Waals surface area contributed by atoms with E-state index in [0.29, 0.717) is 10.9 Å². The minimum atomic E-state index is -1.19. The van der Waals surface area contributed by atoms with Crippen LogP contribution < -0.4 is 10.6 Å². The first-order chi connectivity index (χ1) is 15.3. The Morgan fingerprint density at radius 2 is 2.00 bits per heavy atom. The summed E-state index contributed by atoms with van der Waals surface area (Å²) in [4.78, 5) is 46.8. The van der Waals surface area contributed by atoms with Gasteiger partial charge in [-0.2, -0.15) is 5.10 Å². The van der Waals surface area contributed by atoms with Crippen molar-refractivity contribution in [1.82, 2.24) is 15.5 Å². The number of amides is 2. The highest BCUT2D eigenvalue weighted by molar-refractivity contribution is 6.33. The summed E-state index contributed by atoms with van der Waals surface area (Å²) in [5.41, 5.74) is 0.679. The SMILES string of the molecule is CC(OC(=O)CCNC(=O)c1n[nH]c2ccccc12)C(=O)Nc1cc([N+](=O)[O-])ccc1Cl. The summed E-state index contributed by atoms with van der Waals surface area (Å²) in [5.74, 6) is -1.89. The Kier molecular flexibility index (Phi) is 7.00. The fraction of sp³-hybridized carbons (Fsp3) is 0.200. The number of nitro groups is 1. The number of para-hydroxylation sites is 1. The number of benzene rings is 2. The lowest BCUT2D eigenvalue weighted by Crippen LogP contribution is -2.32. The number of hydrogen-bond acceptors (Lipinski definition) is 7. The van der Waals surface area contributed by atoms with Crippen molar-refractivity contribution >= 4 is 51.7 Å². The number of ether oxygens (including phenoxy) is 1. The molecule has 11 nitrogen and oxygen atoms in total. The Bertz CT molecular complexity index is 1190. The highest BCUT2D eigenvalue weighted by atomic mass is 35.5. The van der Waals surface area contributed by atoms with E-state index in [1.807, 2.05) is 6.07 Å². The van der Waals surface area contributed by atoms with Gasteiger partial charge >= 0.3 is 5.97 Å². The van der Waals surface area contributed by atoms with Crippen molar-refractivity contribution < 1.29 is 24.0 Å². The number of carbonyl (C=O) groups excluding carboxylic acids is 3. The number of carbonyl (C=O) groups is 3. The Hall–Kier alpha value is -3.99. The predicted molar refractivity (Wildman–Crippen MR) is 115 cm³/mol. The van der Waals surface area contributed by atoms with Gasteiger partial charge in [0, 0.05) is 24.1 Å². The molecule has 1 heterocycles. The molecule has 0 saturated carbocycles. The van der Waals surface area contributed by atoms with E-state index in [-0.39, 0.29) is 35.1 Å². The van der Waals surface area contributed by atoms with Crippen LogP contribution in [0.15, 0.2) is 42.5 Å². The fourth-order valence-corrected chi connectivity index (χ4v) is 2.93. The summed E-state index contributed by atoms with van der Waals surface area (Å²) in [6.07, 6.45) is -1.37. The first-order valence-electron chi connectivity index (χ1n) is 9.42. The van der Waals surface area contributed by atoms with Gasteiger partial charge in [-0.3, -0.25) is 29.6 Å². The van der Waals surface area contributed by atoms with Crippen molar-refractivity contribution in [2.24, 2.45) is 0 Å². The number of nitrogens with zero attached hydrogens (tertiary/aromatic N) is 2. The molecule has 32 heavy (non-hydrogen) atoms. The smallest absolute Gasteiger partial charge is 0.308 e. The fourth-order valence-electron chi connectivity index (χ4n) is 2.76. The lowest BCUT2D eigenvalue weighted by molar-refractivity contribution is -0.384. The summed E-state index contributed by atoms with van der Waals surface area (Å²) in [6, 6.07) is 10.7. The summed E-state index contributed by atoms with van der Waals surface area (Å²) in [7, 11) is 0. The van der Waals surface area contributed by atoms with Crippen LogP contribution in [-0.4, -0.2) is 45.6 Å². The number of halogens is 1. The zero-order valence-electron chi connectivity index (χ0n) is 16.8. The third kappa shape index (κ3) is 5.38. The van der Waals surface area contributed by atoms with Crippen molar-refractivity contribution in [3.63, 3.8) is 0 Å². The third-order valence-electron chi connectivity index (χ3n) is 4.40. The van der Waals surface area contributed by atoms with Crippen molar-refractivity contribution in [3.05, 3.63) is 63.3 Å². The maximum absolute atomic E-state index is 12.3. The molecule has 0 aliphatic carbocycles. The minimum absolute atomic E-state index is 0.0206. The monoisotopic (exact) mass is 459 g/mol. The maximum Gasteiger partial charge on any atom is 0.308 e. The van der Waals surface area contributed by atoms with Gasteiger partial charge in [-0.05, 0) is 19.1 Å². The number of non-ortho nitro benzene ring substituents is 1. The first kappa shape index (κ1) is 22.7. The normalized spacial score (nSPS) is 11.6. The van der Waals surface area contributed by atoms with E-state index in [1.165, 1.54) is 19.1 Å². The molecule has 3 N–H and O–H groups in total. The molecule has 0 bridgehead atoms. The lowest BCUT2D eigenvalue weighted by Gasteiger charge is -2.14. The van der Waals surface area contributed by atoms with E-state index in [0.717, 1.165) is 6.07 Å². The largest absolute Gasteiger partial charge is 0.452 e. The molecule has 0 radical (unpaired) electrons. The van der Waals surface area contributed by atoms with Crippen LogP contribution in [0.1, 0.15) is 23.8 Å². The molecule has 3 rings (SSSR count). The van der Waals surface area contributed by atoms with Gasteiger partial charge in [0.2, 0.25) is 0 Å². The van der Waals surface area contributed by atoms with Crippen LogP contribution in [0.3, 0.4) is 0 Å². The number of esters is 1. The van der Waals surface area contributed by atoms with E-state index >= 15 is 0 Å². The van der Waals surface area contributed by atoms with E-state index in [1.54, 1.807) is 18.2 Å². The Balaban J connectivity index is 1.48. The van der Waals surface area contributed by atoms with Crippen molar-refractivity contribution in [3.8, 4) is 0 Å². The Labute approximate surface area is 186 Å². The molecule has 2 amide bonds. The quantitative estimate of drug-likeness (QED) is 0.265. The summed E-state index contributed by atoms with van der Waals surface area (Å²) < 4.78 is 5.04. The maximum atomic E-state index is 12.3. The molecule has 0 saturated heterocycles. The summed E-state index contributed by atoms with van der Waals surface area (Å²) in [5, 5.41) is 23.3. The average molecular weight is 460 g/mol. The average Bonchev–Trinajstić information content (AvgIpc) is 3.19. The number of aromatic nitrogens is 2. The predicted octanol–water partition coefficient (Wildman–Crippen LogP) is 2.81. The van der Waals surface area contributed by atoms with Gasteiger partial charge < -0.3 is 15.4 Å². The molecule has 12 heteroatoms. The minimum Gasteiger partial charge on any atom is -0.452 e. The van der Waals surface area contributed by atoms with Crippen molar-refractivity contribution in [2.75, 3.05) is 11.9 Å².